The molecule has 0 amide bonds. The third-order valence-electron chi connectivity index (χ3n) is 1.71. The van der Waals surface area contributed by atoms with Gasteiger partial charge in [0.1, 0.15) is 0 Å². The molecule has 0 spiro atoms. The molecule has 0 N–H and O–H groups in total. The average Bonchev–Trinajstić information content (AvgIpc) is 2.83. The van der Waals surface area contributed by atoms with E-state index in [0.29, 0.717) is 0 Å². The highest BCUT2D eigenvalue weighted by molar-refractivity contribution is 9.11. The summed E-state index contributed by atoms with van der Waals surface area (Å²) < 4.78 is 1.13. The minimum Gasteiger partial charge on any atom is -0.369 e. The summed E-state index contributed by atoms with van der Waals surface area (Å²) in [6, 6.07) is 4.13. The van der Waals surface area contributed by atoms with Crippen molar-refractivity contribution in [1.29, 1.82) is 0 Å². The highest BCUT2D eigenvalue weighted by Crippen LogP contribution is 2.36. The van der Waals surface area contributed by atoms with Gasteiger partial charge in [0.2, 0.25) is 5.13 Å². The van der Waals surface area contributed by atoms with Gasteiger partial charge in [0.05, 0.1) is 15.0 Å². The van der Waals surface area contributed by atoms with Gasteiger partial charge in [0.15, 0.2) is 0 Å². The quantitative estimate of drug-likeness (QED) is 0.635. The lowest BCUT2D eigenvalue weighted by atomic mass is 10.4. The fraction of sp³-hybridized carbons (Fsp3) is 0.200. The number of aromatic nitrogens is 1. The van der Waals surface area contributed by atoms with E-state index in [9.17, 15) is 0 Å². The number of rotatable bonds is 3. The van der Waals surface area contributed by atoms with Gasteiger partial charge in [-0.25, -0.2) is 9.98 Å². The number of thiophene rings is 1. The molecular weight excluding hydrogens is 306 g/mol. The lowest BCUT2D eigenvalue weighted by Crippen LogP contribution is -2.06. The van der Waals surface area contributed by atoms with Crippen LogP contribution in [-0.4, -0.2) is 30.3 Å². The Morgan fingerprint density at radius 1 is 1.31 bits per heavy atom. The molecule has 0 atom stereocenters. The van der Waals surface area contributed by atoms with Crippen LogP contribution in [0.25, 0.3) is 9.75 Å². The molecular formula is C10H10BrN3S2. The van der Waals surface area contributed by atoms with Gasteiger partial charge in [-0.05, 0) is 28.1 Å². The van der Waals surface area contributed by atoms with Crippen LogP contribution in [0.5, 0.6) is 0 Å². The van der Waals surface area contributed by atoms with Crippen molar-refractivity contribution in [2.75, 3.05) is 14.1 Å². The molecule has 2 heterocycles. The normalized spacial score (nSPS) is 11.2. The molecule has 2 aromatic heterocycles. The molecule has 84 valence electrons. The van der Waals surface area contributed by atoms with Crippen molar-refractivity contribution in [3.05, 3.63) is 22.1 Å². The van der Waals surface area contributed by atoms with E-state index in [-0.39, 0.29) is 0 Å². The number of hydrogen-bond acceptors (Lipinski definition) is 4. The summed E-state index contributed by atoms with van der Waals surface area (Å²) in [5.74, 6) is 0. The predicted molar refractivity (Wildman–Crippen MR) is 75.0 cm³/mol. The van der Waals surface area contributed by atoms with Crippen LogP contribution in [-0.2, 0) is 0 Å². The molecule has 0 saturated carbocycles. The van der Waals surface area contributed by atoms with Crippen molar-refractivity contribution in [3.8, 4) is 9.75 Å². The molecule has 0 aliphatic rings. The summed E-state index contributed by atoms with van der Waals surface area (Å²) in [4.78, 5) is 12.8. The summed E-state index contributed by atoms with van der Waals surface area (Å²) in [7, 11) is 3.88. The molecule has 2 rings (SSSR count). The zero-order valence-electron chi connectivity index (χ0n) is 8.85. The maximum absolute atomic E-state index is 4.26. The summed E-state index contributed by atoms with van der Waals surface area (Å²) >= 11 is 6.75. The number of thiazole rings is 1. The Morgan fingerprint density at radius 3 is 2.75 bits per heavy atom. The van der Waals surface area contributed by atoms with E-state index in [1.54, 1.807) is 29.0 Å². The highest BCUT2D eigenvalue weighted by atomic mass is 79.9. The standard InChI is InChI=1S/C10H10BrN3S2/c1-14(2)6-13-10-12-5-8(16-10)7-3-4-9(11)15-7/h3-6H,1-2H3/b13-6+. The Labute approximate surface area is 111 Å². The first-order chi connectivity index (χ1) is 7.65. The zero-order valence-corrected chi connectivity index (χ0v) is 12.1. The van der Waals surface area contributed by atoms with Crippen LogP contribution < -0.4 is 0 Å². The maximum Gasteiger partial charge on any atom is 0.211 e. The lowest BCUT2D eigenvalue weighted by molar-refractivity contribution is 0.643. The van der Waals surface area contributed by atoms with E-state index in [4.69, 9.17) is 0 Å². The molecule has 0 aromatic carbocycles. The van der Waals surface area contributed by atoms with Crippen molar-refractivity contribution in [2.45, 2.75) is 0 Å². The molecule has 6 heteroatoms. The van der Waals surface area contributed by atoms with Crippen molar-refractivity contribution in [3.63, 3.8) is 0 Å². The molecule has 3 nitrogen and oxygen atoms in total. The van der Waals surface area contributed by atoms with Crippen LogP contribution in [0.15, 0.2) is 27.1 Å². The zero-order chi connectivity index (χ0) is 11.5. The molecule has 2 aromatic rings. The predicted octanol–water partition coefficient (Wildman–Crippen LogP) is 3.86. The van der Waals surface area contributed by atoms with Gasteiger partial charge in [-0.1, -0.05) is 11.3 Å². The van der Waals surface area contributed by atoms with E-state index in [2.05, 4.69) is 32.0 Å². The van der Waals surface area contributed by atoms with Crippen molar-refractivity contribution >= 4 is 50.1 Å². The molecule has 0 unspecified atom stereocenters. The van der Waals surface area contributed by atoms with Crippen molar-refractivity contribution < 1.29 is 0 Å². The molecule has 0 radical (unpaired) electrons. The molecule has 16 heavy (non-hydrogen) atoms. The highest BCUT2D eigenvalue weighted by Gasteiger charge is 2.05. The molecule has 0 saturated heterocycles. The number of aliphatic imine (C=N–C) groups is 1. The molecule has 0 fully saturated rings. The van der Waals surface area contributed by atoms with Crippen LogP contribution in [0.3, 0.4) is 0 Å². The Hall–Kier alpha value is -0.720. The minimum absolute atomic E-state index is 0.785. The van der Waals surface area contributed by atoms with Crippen LogP contribution in [0.2, 0.25) is 0 Å². The minimum atomic E-state index is 0.785. The fourth-order valence-corrected chi connectivity index (χ4v) is 3.27. The van der Waals surface area contributed by atoms with Crippen LogP contribution in [0, 0.1) is 0 Å². The second-order valence-electron chi connectivity index (χ2n) is 3.32. The van der Waals surface area contributed by atoms with E-state index in [1.165, 1.54) is 4.88 Å². The van der Waals surface area contributed by atoms with Gasteiger partial charge >= 0.3 is 0 Å². The molecule has 0 bridgehead atoms. The summed E-state index contributed by atoms with van der Waals surface area (Å²) in [6.45, 7) is 0. The first-order valence-corrected chi connectivity index (χ1v) is 7.00. The summed E-state index contributed by atoms with van der Waals surface area (Å²) in [5, 5.41) is 0.785. The Kier molecular flexibility index (Phi) is 3.73. The fourth-order valence-electron chi connectivity index (χ4n) is 1.05. The van der Waals surface area contributed by atoms with E-state index < -0.39 is 0 Å². The average molecular weight is 316 g/mol. The second-order valence-corrected chi connectivity index (χ2v) is 6.79. The summed E-state index contributed by atoms with van der Waals surface area (Å²) in [6.07, 6.45) is 3.62. The van der Waals surface area contributed by atoms with E-state index in [0.717, 1.165) is 13.8 Å². The first-order valence-electron chi connectivity index (χ1n) is 4.57. The largest absolute Gasteiger partial charge is 0.369 e. The third kappa shape index (κ3) is 2.90. The van der Waals surface area contributed by atoms with Crippen molar-refractivity contribution in [2.24, 2.45) is 4.99 Å². The summed E-state index contributed by atoms with van der Waals surface area (Å²) in [5.41, 5.74) is 0. The van der Waals surface area contributed by atoms with Crippen LogP contribution >= 0.6 is 38.6 Å². The molecule has 0 aliphatic carbocycles. The first kappa shape index (κ1) is 11.8. The Balaban J connectivity index is 2.19. The van der Waals surface area contributed by atoms with Gasteiger partial charge in [0, 0.05) is 25.2 Å². The van der Waals surface area contributed by atoms with E-state index in [1.807, 2.05) is 31.3 Å². The molecule has 0 aliphatic heterocycles. The SMILES string of the molecule is CN(C)/C=N/c1ncc(-c2ccc(Br)s2)s1. The number of nitrogens with zero attached hydrogens (tertiary/aromatic N) is 3. The Morgan fingerprint density at radius 2 is 2.12 bits per heavy atom. The maximum atomic E-state index is 4.26. The number of hydrogen-bond donors (Lipinski definition) is 0. The smallest absolute Gasteiger partial charge is 0.211 e. The van der Waals surface area contributed by atoms with E-state index >= 15 is 0 Å². The van der Waals surface area contributed by atoms with Crippen LogP contribution in [0.1, 0.15) is 0 Å². The van der Waals surface area contributed by atoms with Crippen LogP contribution in [0.4, 0.5) is 5.13 Å². The topological polar surface area (TPSA) is 28.5 Å². The van der Waals surface area contributed by atoms with Gasteiger partial charge in [-0.15, -0.1) is 11.3 Å². The lowest BCUT2D eigenvalue weighted by Gasteiger charge is -1.99. The van der Waals surface area contributed by atoms with Gasteiger partial charge < -0.3 is 4.90 Å². The second kappa shape index (κ2) is 5.07. The monoisotopic (exact) mass is 315 g/mol. The third-order valence-corrected chi connectivity index (χ3v) is 4.43. The number of halogens is 1. The van der Waals surface area contributed by atoms with Crippen molar-refractivity contribution in [1.82, 2.24) is 9.88 Å². The van der Waals surface area contributed by atoms with Gasteiger partial charge in [-0.3, -0.25) is 0 Å². The van der Waals surface area contributed by atoms with Gasteiger partial charge in [0.25, 0.3) is 0 Å². The Bertz CT molecular complexity index is 502. The van der Waals surface area contributed by atoms with Gasteiger partial charge in [-0.2, -0.15) is 0 Å².